The van der Waals surface area contributed by atoms with Gasteiger partial charge >= 0.3 is 0 Å². The monoisotopic (exact) mass is 361 g/mol. The fourth-order valence-electron chi connectivity index (χ4n) is 3.86. The van der Waals surface area contributed by atoms with E-state index in [1.165, 1.54) is 0 Å². The third kappa shape index (κ3) is 5.16. The van der Waals surface area contributed by atoms with E-state index in [0.29, 0.717) is 19.7 Å². The van der Waals surface area contributed by atoms with Crippen LogP contribution in [0.1, 0.15) is 12.8 Å². The minimum Gasteiger partial charge on any atom is -0.384 e. The highest BCUT2D eigenvalue weighted by atomic mass is 16.5. The van der Waals surface area contributed by atoms with Crippen molar-refractivity contribution in [2.75, 3.05) is 71.0 Å². The standard InChI is InChI=1S/C19H31N5O2/c1-26-16-19(5-8-20-9-6-19)15-22-18(25)14-23-10-12-24(13-11-23)17-4-2-3-7-21-17/h2-4,7,20H,5-6,8-16H2,1H3,(H,22,25). The summed E-state index contributed by atoms with van der Waals surface area (Å²) in [6.45, 7) is 7.45. The van der Waals surface area contributed by atoms with Crippen molar-refractivity contribution < 1.29 is 9.53 Å². The van der Waals surface area contributed by atoms with Crippen molar-refractivity contribution in [2.45, 2.75) is 12.8 Å². The molecule has 0 spiro atoms. The normalized spacial score (nSPS) is 20.7. The zero-order valence-electron chi connectivity index (χ0n) is 15.7. The number of carbonyl (C=O) groups excluding carboxylic acids is 1. The van der Waals surface area contributed by atoms with Crippen molar-refractivity contribution in [3.63, 3.8) is 0 Å². The molecule has 0 unspecified atom stereocenters. The Balaban J connectivity index is 1.41. The maximum absolute atomic E-state index is 12.4. The van der Waals surface area contributed by atoms with E-state index in [-0.39, 0.29) is 11.3 Å². The van der Waals surface area contributed by atoms with E-state index >= 15 is 0 Å². The van der Waals surface area contributed by atoms with Crippen molar-refractivity contribution >= 4 is 11.7 Å². The Morgan fingerprint density at radius 2 is 2.04 bits per heavy atom. The van der Waals surface area contributed by atoms with Crippen molar-refractivity contribution in [1.82, 2.24) is 20.5 Å². The summed E-state index contributed by atoms with van der Waals surface area (Å²) in [5.41, 5.74) is 0.0767. The second-order valence-corrected chi connectivity index (χ2v) is 7.41. The van der Waals surface area contributed by atoms with Gasteiger partial charge in [-0.15, -0.1) is 0 Å². The number of anilines is 1. The summed E-state index contributed by atoms with van der Waals surface area (Å²) in [5, 5.41) is 6.54. The first-order chi connectivity index (χ1) is 12.7. The second kappa shape index (κ2) is 9.30. The van der Waals surface area contributed by atoms with Gasteiger partial charge in [0.25, 0.3) is 0 Å². The van der Waals surface area contributed by atoms with Crippen LogP contribution in [0.5, 0.6) is 0 Å². The Labute approximate surface area is 156 Å². The first-order valence-electron chi connectivity index (χ1n) is 9.55. The number of pyridine rings is 1. The van der Waals surface area contributed by atoms with E-state index in [9.17, 15) is 4.79 Å². The third-order valence-electron chi connectivity index (χ3n) is 5.49. The van der Waals surface area contributed by atoms with Gasteiger partial charge in [0.05, 0.1) is 13.2 Å². The molecule has 0 aromatic carbocycles. The van der Waals surface area contributed by atoms with Gasteiger partial charge in [0, 0.05) is 51.4 Å². The third-order valence-corrected chi connectivity index (χ3v) is 5.49. The van der Waals surface area contributed by atoms with Crippen LogP contribution in [0.3, 0.4) is 0 Å². The Morgan fingerprint density at radius 1 is 1.27 bits per heavy atom. The number of ether oxygens (including phenoxy) is 1. The number of rotatable bonds is 7. The van der Waals surface area contributed by atoms with Crippen molar-refractivity contribution in [2.24, 2.45) is 5.41 Å². The lowest BCUT2D eigenvalue weighted by molar-refractivity contribution is -0.123. The zero-order valence-corrected chi connectivity index (χ0v) is 15.7. The van der Waals surface area contributed by atoms with Crippen LogP contribution in [-0.2, 0) is 9.53 Å². The van der Waals surface area contributed by atoms with Gasteiger partial charge in [-0.1, -0.05) is 6.07 Å². The number of amides is 1. The highest BCUT2D eigenvalue weighted by Crippen LogP contribution is 2.28. The molecule has 2 saturated heterocycles. The number of piperidine rings is 1. The molecular formula is C19H31N5O2. The van der Waals surface area contributed by atoms with Crippen LogP contribution < -0.4 is 15.5 Å². The van der Waals surface area contributed by atoms with E-state index in [4.69, 9.17) is 4.74 Å². The molecule has 2 fully saturated rings. The summed E-state index contributed by atoms with van der Waals surface area (Å²) < 4.78 is 5.42. The lowest BCUT2D eigenvalue weighted by atomic mass is 9.79. The predicted molar refractivity (Wildman–Crippen MR) is 102 cm³/mol. The van der Waals surface area contributed by atoms with E-state index in [1.54, 1.807) is 7.11 Å². The molecule has 7 nitrogen and oxygen atoms in total. The molecule has 1 aromatic rings. The second-order valence-electron chi connectivity index (χ2n) is 7.41. The van der Waals surface area contributed by atoms with Crippen LogP contribution in [0, 0.1) is 5.41 Å². The molecule has 26 heavy (non-hydrogen) atoms. The molecule has 0 atom stereocenters. The van der Waals surface area contributed by atoms with Crippen LogP contribution in [0.4, 0.5) is 5.82 Å². The topological polar surface area (TPSA) is 69.7 Å². The van der Waals surface area contributed by atoms with Gasteiger partial charge < -0.3 is 20.3 Å². The Hall–Kier alpha value is -1.70. The van der Waals surface area contributed by atoms with Crippen molar-refractivity contribution in [3.8, 4) is 0 Å². The SMILES string of the molecule is COCC1(CNC(=O)CN2CCN(c3ccccn3)CC2)CCNCC1. The van der Waals surface area contributed by atoms with Crippen LogP contribution in [0.25, 0.3) is 0 Å². The number of aromatic nitrogens is 1. The molecule has 7 heteroatoms. The highest BCUT2D eigenvalue weighted by Gasteiger charge is 2.32. The predicted octanol–water partition coefficient (Wildman–Crippen LogP) is 0.336. The van der Waals surface area contributed by atoms with Gasteiger partial charge in [-0.3, -0.25) is 9.69 Å². The lowest BCUT2D eigenvalue weighted by Crippen LogP contribution is -2.52. The van der Waals surface area contributed by atoms with Crippen molar-refractivity contribution in [3.05, 3.63) is 24.4 Å². The fraction of sp³-hybridized carbons (Fsp3) is 0.684. The number of nitrogens with one attached hydrogen (secondary N) is 2. The molecule has 144 valence electrons. The quantitative estimate of drug-likeness (QED) is 0.730. The minimum atomic E-state index is 0.0767. The summed E-state index contributed by atoms with van der Waals surface area (Å²) in [5.74, 6) is 1.13. The molecule has 1 amide bonds. The fourth-order valence-corrected chi connectivity index (χ4v) is 3.86. The van der Waals surface area contributed by atoms with Crippen LogP contribution in [0.2, 0.25) is 0 Å². The Kier molecular flexibility index (Phi) is 6.82. The number of hydrogen-bond acceptors (Lipinski definition) is 6. The zero-order chi connectivity index (χ0) is 18.2. The first-order valence-corrected chi connectivity index (χ1v) is 9.55. The maximum Gasteiger partial charge on any atom is 0.234 e. The lowest BCUT2D eigenvalue weighted by Gasteiger charge is -2.38. The number of carbonyl (C=O) groups is 1. The molecule has 0 radical (unpaired) electrons. The van der Waals surface area contributed by atoms with Crippen LogP contribution >= 0.6 is 0 Å². The van der Waals surface area contributed by atoms with E-state index in [1.807, 2.05) is 24.4 Å². The average molecular weight is 361 g/mol. The Bertz CT molecular complexity index is 549. The van der Waals surface area contributed by atoms with Gasteiger partial charge in [-0.05, 0) is 38.1 Å². The van der Waals surface area contributed by atoms with Crippen LogP contribution in [-0.4, -0.2) is 81.9 Å². The van der Waals surface area contributed by atoms with E-state index in [0.717, 1.165) is 57.9 Å². The molecule has 1 aromatic heterocycles. The van der Waals surface area contributed by atoms with E-state index in [2.05, 4.69) is 25.4 Å². The van der Waals surface area contributed by atoms with Gasteiger partial charge in [-0.2, -0.15) is 0 Å². The van der Waals surface area contributed by atoms with Crippen LogP contribution in [0.15, 0.2) is 24.4 Å². The summed E-state index contributed by atoms with van der Waals surface area (Å²) in [4.78, 5) is 21.3. The largest absolute Gasteiger partial charge is 0.384 e. The minimum absolute atomic E-state index is 0.0767. The molecule has 3 rings (SSSR count). The average Bonchev–Trinajstić information content (AvgIpc) is 2.69. The molecular weight excluding hydrogens is 330 g/mol. The van der Waals surface area contributed by atoms with Gasteiger partial charge in [0.2, 0.25) is 5.91 Å². The van der Waals surface area contributed by atoms with Gasteiger partial charge in [0.1, 0.15) is 5.82 Å². The summed E-state index contributed by atoms with van der Waals surface area (Å²) in [7, 11) is 1.74. The molecule has 3 heterocycles. The Morgan fingerprint density at radius 3 is 2.69 bits per heavy atom. The number of piperazine rings is 1. The molecule has 0 bridgehead atoms. The molecule has 0 saturated carbocycles. The molecule has 2 N–H and O–H groups in total. The number of hydrogen-bond donors (Lipinski definition) is 2. The van der Waals surface area contributed by atoms with E-state index < -0.39 is 0 Å². The number of methoxy groups -OCH3 is 1. The number of nitrogens with zero attached hydrogens (tertiary/aromatic N) is 3. The van der Waals surface area contributed by atoms with Gasteiger partial charge in [-0.25, -0.2) is 4.98 Å². The molecule has 0 aliphatic carbocycles. The molecule has 2 aliphatic rings. The smallest absolute Gasteiger partial charge is 0.234 e. The molecule has 2 aliphatic heterocycles. The summed E-state index contributed by atoms with van der Waals surface area (Å²) in [6, 6.07) is 5.98. The van der Waals surface area contributed by atoms with Gasteiger partial charge in [0.15, 0.2) is 0 Å². The summed E-state index contributed by atoms with van der Waals surface area (Å²) >= 11 is 0. The highest BCUT2D eigenvalue weighted by molar-refractivity contribution is 5.78. The first kappa shape index (κ1) is 19.1. The van der Waals surface area contributed by atoms with Crippen molar-refractivity contribution in [1.29, 1.82) is 0 Å². The maximum atomic E-state index is 12.4. The summed E-state index contributed by atoms with van der Waals surface area (Å²) in [6.07, 6.45) is 3.92.